The maximum atomic E-state index is 7.33. The molecule has 0 aliphatic carbocycles. The molecule has 0 spiro atoms. The maximum Gasteiger partial charge on any atom is 0.101 e. The average Bonchev–Trinajstić information content (AvgIpc) is 2.78. The van der Waals surface area contributed by atoms with Crippen LogP contribution in [0.25, 0.3) is 0 Å². The molecule has 0 saturated carbocycles. The third kappa shape index (κ3) is 17.0. The lowest BCUT2D eigenvalue weighted by Crippen LogP contribution is -2.34. The van der Waals surface area contributed by atoms with Crippen molar-refractivity contribution in [2.45, 2.75) is 70.6 Å². The summed E-state index contributed by atoms with van der Waals surface area (Å²) < 4.78 is 0. The molecule has 0 atom stereocenters. The predicted octanol–water partition coefficient (Wildman–Crippen LogP) is 0.216. The molecule has 0 aromatic carbocycles. The molecule has 16 heteroatoms. The van der Waals surface area contributed by atoms with Gasteiger partial charge in [0.1, 0.15) is 46.7 Å². The summed E-state index contributed by atoms with van der Waals surface area (Å²) in [4.78, 5) is 0. The van der Waals surface area contributed by atoms with Crippen LogP contribution in [0.1, 0.15) is 70.6 Å². The highest BCUT2D eigenvalue weighted by Gasteiger charge is 2.18. The number of hydrogen-bond acceptors (Lipinski definition) is 8. The second-order valence-corrected chi connectivity index (χ2v) is 9.48. The predicted molar refractivity (Wildman–Crippen MR) is 160 cm³/mol. The third-order valence-corrected chi connectivity index (χ3v) is 6.22. The van der Waals surface area contributed by atoms with Gasteiger partial charge in [0, 0.05) is 0 Å². The number of nitrogens with two attached hydrogens (primary N) is 8. The molecule has 0 rings (SSSR count). The van der Waals surface area contributed by atoms with E-state index < -0.39 is 23.7 Å². The van der Waals surface area contributed by atoms with Crippen molar-refractivity contribution in [1.29, 1.82) is 43.3 Å². The second kappa shape index (κ2) is 19.8. The van der Waals surface area contributed by atoms with Gasteiger partial charge in [-0.3, -0.25) is 43.3 Å². The van der Waals surface area contributed by atoms with Crippen molar-refractivity contribution in [3.8, 4) is 0 Å². The van der Waals surface area contributed by atoms with Crippen molar-refractivity contribution < 1.29 is 0 Å². The molecule has 39 heavy (non-hydrogen) atoms. The number of hydrogen-bond donors (Lipinski definition) is 16. The van der Waals surface area contributed by atoms with E-state index >= 15 is 0 Å². The zero-order chi connectivity index (χ0) is 30.7. The molecule has 16 nitrogen and oxygen atoms in total. The van der Waals surface area contributed by atoms with Gasteiger partial charge in [0.05, 0.1) is 23.7 Å². The summed E-state index contributed by atoms with van der Waals surface area (Å²) >= 11 is 0. The minimum absolute atomic E-state index is 0.0641. The SMILES string of the molecule is N=C(N)C(CCCCCC(C(=N)N)C(=N)N)C(=N)N.N=C(N)C(CCCCCCC(C(=N)N)C(=N)N)C(=N)N. The Kier molecular flexibility index (Phi) is 18.8. The summed E-state index contributed by atoms with van der Waals surface area (Å²) in [5.74, 6) is -2.50. The molecule has 0 aromatic heterocycles. The molecule has 0 heterocycles. The van der Waals surface area contributed by atoms with Gasteiger partial charge in [-0.15, -0.1) is 0 Å². The van der Waals surface area contributed by atoms with Gasteiger partial charge in [0.25, 0.3) is 0 Å². The van der Waals surface area contributed by atoms with Crippen LogP contribution < -0.4 is 45.9 Å². The number of unbranched alkanes of at least 4 members (excludes halogenated alkanes) is 5. The smallest absolute Gasteiger partial charge is 0.101 e. The lowest BCUT2D eigenvalue weighted by molar-refractivity contribution is 0.569. The van der Waals surface area contributed by atoms with E-state index in [1.807, 2.05) is 0 Å². The zero-order valence-electron chi connectivity index (χ0n) is 22.7. The van der Waals surface area contributed by atoms with Crippen molar-refractivity contribution in [3.63, 3.8) is 0 Å². The highest BCUT2D eigenvalue weighted by Crippen LogP contribution is 2.15. The first-order chi connectivity index (χ1) is 18.0. The van der Waals surface area contributed by atoms with Gasteiger partial charge in [-0.2, -0.15) is 0 Å². The average molecular weight is 551 g/mol. The quantitative estimate of drug-likeness (QED) is 0.0530. The van der Waals surface area contributed by atoms with Gasteiger partial charge in [-0.05, 0) is 25.7 Å². The standard InChI is InChI=1S/C12H26N8.C11H24N8/c13-9(14)7(10(15)16)5-3-1-2-4-6-8(11(17)18)12(19)20;12-8(13)6(9(14)15)4-2-1-3-5-7(10(16)17)11(18)19/h7-8H,1-6H2,(H3,13,14)(H3,15,16)(H3,17,18)(H3,19,20);6-7H,1-5H2,(H3,12,13)(H3,14,15)(H3,16,17)(H3,18,19). The van der Waals surface area contributed by atoms with Gasteiger partial charge in [-0.25, -0.2) is 0 Å². The lowest BCUT2D eigenvalue weighted by Gasteiger charge is -2.15. The highest BCUT2D eigenvalue weighted by molar-refractivity contribution is 6.02. The van der Waals surface area contributed by atoms with Crippen LogP contribution in [0, 0.1) is 66.9 Å². The van der Waals surface area contributed by atoms with Crippen molar-refractivity contribution in [1.82, 2.24) is 0 Å². The van der Waals surface area contributed by atoms with Crippen LogP contribution in [0.15, 0.2) is 0 Å². The lowest BCUT2D eigenvalue weighted by atomic mass is 9.95. The van der Waals surface area contributed by atoms with Gasteiger partial charge in [0.2, 0.25) is 0 Å². The minimum Gasteiger partial charge on any atom is -0.387 e. The second-order valence-electron chi connectivity index (χ2n) is 9.48. The fraction of sp³-hybridized carbons (Fsp3) is 0.652. The first kappa shape index (κ1) is 36.9. The first-order valence-electron chi connectivity index (χ1n) is 12.8. The fourth-order valence-electron chi connectivity index (χ4n) is 3.84. The van der Waals surface area contributed by atoms with E-state index in [2.05, 4.69) is 0 Å². The summed E-state index contributed by atoms with van der Waals surface area (Å²) in [7, 11) is 0. The molecule has 0 unspecified atom stereocenters. The Hall–Kier alpha value is -4.24. The molecule has 0 bridgehead atoms. The van der Waals surface area contributed by atoms with Crippen molar-refractivity contribution in [2.24, 2.45) is 69.5 Å². The molecule has 0 fully saturated rings. The van der Waals surface area contributed by atoms with Gasteiger partial charge in [-0.1, -0.05) is 44.9 Å². The maximum absolute atomic E-state index is 7.33. The first-order valence-corrected chi connectivity index (χ1v) is 12.8. The van der Waals surface area contributed by atoms with E-state index in [9.17, 15) is 0 Å². The molecular weight excluding hydrogens is 500 g/mol. The van der Waals surface area contributed by atoms with E-state index in [0.29, 0.717) is 25.7 Å². The summed E-state index contributed by atoms with van der Waals surface area (Å²) in [6.45, 7) is 0. The molecule has 0 aromatic rings. The number of nitrogens with one attached hydrogen (secondary N) is 8. The third-order valence-electron chi connectivity index (χ3n) is 6.22. The van der Waals surface area contributed by atoms with Crippen molar-refractivity contribution in [2.75, 3.05) is 0 Å². The summed E-state index contributed by atoms with van der Waals surface area (Å²) in [5.41, 5.74) is 42.9. The van der Waals surface area contributed by atoms with Crippen LogP contribution in [0.3, 0.4) is 0 Å². The molecule has 24 N–H and O–H groups in total. The van der Waals surface area contributed by atoms with Crippen LogP contribution in [-0.4, -0.2) is 46.7 Å². The Labute approximate surface area is 230 Å². The summed E-state index contributed by atoms with van der Waals surface area (Å²) in [6.07, 6.45) is 8.20. The number of amidine groups is 8. The van der Waals surface area contributed by atoms with E-state index in [1.54, 1.807) is 0 Å². The Bertz CT molecular complexity index is 753. The topological polar surface area (TPSA) is 399 Å². The Morgan fingerprint density at radius 1 is 0.282 bits per heavy atom. The fourth-order valence-corrected chi connectivity index (χ4v) is 3.84. The molecular formula is C23H50N16. The van der Waals surface area contributed by atoms with E-state index in [4.69, 9.17) is 89.1 Å². The normalized spacial score (nSPS) is 13.4. The minimum atomic E-state index is -0.489. The van der Waals surface area contributed by atoms with Crippen LogP contribution in [0.4, 0.5) is 0 Å². The molecule has 0 aliphatic rings. The Morgan fingerprint density at radius 3 is 0.538 bits per heavy atom. The summed E-state index contributed by atoms with van der Waals surface area (Å²) in [5, 5.41) is 58.6. The van der Waals surface area contributed by atoms with E-state index in [-0.39, 0.29) is 46.7 Å². The largest absolute Gasteiger partial charge is 0.387 e. The molecule has 0 radical (unpaired) electrons. The van der Waals surface area contributed by atoms with E-state index in [0.717, 1.165) is 44.9 Å². The molecule has 0 saturated heterocycles. The van der Waals surface area contributed by atoms with Gasteiger partial charge in [0.15, 0.2) is 0 Å². The van der Waals surface area contributed by atoms with E-state index in [1.165, 1.54) is 0 Å². The highest BCUT2D eigenvalue weighted by atomic mass is 14.8. The molecule has 0 amide bonds. The zero-order valence-corrected chi connectivity index (χ0v) is 22.7. The molecule has 222 valence electrons. The Morgan fingerprint density at radius 2 is 0.410 bits per heavy atom. The van der Waals surface area contributed by atoms with Crippen LogP contribution in [0.5, 0.6) is 0 Å². The van der Waals surface area contributed by atoms with Gasteiger partial charge < -0.3 is 45.9 Å². The van der Waals surface area contributed by atoms with Crippen LogP contribution in [-0.2, 0) is 0 Å². The Balaban J connectivity index is 0. The van der Waals surface area contributed by atoms with Gasteiger partial charge >= 0.3 is 0 Å². The number of rotatable bonds is 21. The molecule has 0 aliphatic heterocycles. The van der Waals surface area contributed by atoms with Crippen LogP contribution >= 0.6 is 0 Å². The van der Waals surface area contributed by atoms with Crippen molar-refractivity contribution >= 4 is 46.7 Å². The van der Waals surface area contributed by atoms with Crippen molar-refractivity contribution in [3.05, 3.63) is 0 Å². The monoisotopic (exact) mass is 550 g/mol. The van der Waals surface area contributed by atoms with Crippen LogP contribution in [0.2, 0.25) is 0 Å². The summed E-state index contributed by atoms with van der Waals surface area (Å²) in [6, 6.07) is 0.